The lowest BCUT2D eigenvalue weighted by Gasteiger charge is -2.47. The van der Waals surface area contributed by atoms with E-state index in [-0.39, 0.29) is 5.82 Å². The molecule has 0 amide bonds. The standard InChI is InChI=1S/C18H25ClFN/c19-17-10-9-14(20)12-16(17)18(21)11-5-4-8-15(18)13-6-2-1-3-7-13/h9-10,12-13,15H,1-8,11,21H2. The van der Waals surface area contributed by atoms with Crippen molar-refractivity contribution in [2.24, 2.45) is 17.6 Å². The van der Waals surface area contributed by atoms with E-state index in [4.69, 9.17) is 17.3 Å². The summed E-state index contributed by atoms with van der Waals surface area (Å²) in [7, 11) is 0. The van der Waals surface area contributed by atoms with Crippen LogP contribution in [-0.4, -0.2) is 0 Å². The highest BCUT2D eigenvalue weighted by molar-refractivity contribution is 6.31. The molecule has 2 aliphatic rings. The minimum absolute atomic E-state index is 0.229. The number of halogens is 2. The van der Waals surface area contributed by atoms with Gasteiger partial charge >= 0.3 is 0 Å². The van der Waals surface area contributed by atoms with E-state index in [1.165, 1.54) is 44.6 Å². The van der Waals surface area contributed by atoms with Crippen LogP contribution in [0.3, 0.4) is 0 Å². The van der Waals surface area contributed by atoms with Gasteiger partial charge in [0, 0.05) is 10.6 Å². The SMILES string of the molecule is NC1(c2cc(F)ccc2Cl)CCCCC1C1CCCCC1. The van der Waals surface area contributed by atoms with Crippen molar-refractivity contribution < 1.29 is 4.39 Å². The average Bonchev–Trinajstić information content (AvgIpc) is 2.51. The normalized spacial score (nSPS) is 31.3. The summed E-state index contributed by atoms with van der Waals surface area (Å²) in [4.78, 5) is 0. The summed E-state index contributed by atoms with van der Waals surface area (Å²) < 4.78 is 13.7. The molecule has 1 aromatic rings. The third-order valence-corrected chi connectivity index (χ3v) is 6.00. The van der Waals surface area contributed by atoms with E-state index >= 15 is 0 Å². The van der Waals surface area contributed by atoms with E-state index in [1.54, 1.807) is 12.1 Å². The predicted molar refractivity (Wildman–Crippen MR) is 85.8 cm³/mol. The Morgan fingerprint density at radius 2 is 1.76 bits per heavy atom. The maximum absolute atomic E-state index is 13.7. The van der Waals surface area contributed by atoms with E-state index in [0.29, 0.717) is 16.9 Å². The minimum atomic E-state index is -0.445. The molecule has 2 aliphatic carbocycles. The maximum Gasteiger partial charge on any atom is 0.123 e. The van der Waals surface area contributed by atoms with Crippen LogP contribution in [0.1, 0.15) is 63.4 Å². The average molecular weight is 310 g/mol. The Hall–Kier alpha value is -0.600. The first-order chi connectivity index (χ1) is 10.1. The van der Waals surface area contributed by atoms with Crippen LogP contribution in [-0.2, 0) is 5.54 Å². The second kappa shape index (κ2) is 6.26. The molecular formula is C18H25ClFN. The van der Waals surface area contributed by atoms with Gasteiger partial charge in [-0.25, -0.2) is 4.39 Å². The Balaban J connectivity index is 1.96. The zero-order valence-corrected chi connectivity index (χ0v) is 13.3. The van der Waals surface area contributed by atoms with Gasteiger partial charge in [-0.05, 0) is 48.4 Å². The van der Waals surface area contributed by atoms with Crippen molar-refractivity contribution in [1.82, 2.24) is 0 Å². The minimum Gasteiger partial charge on any atom is -0.321 e. The van der Waals surface area contributed by atoms with Crippen LogP contribution >= 0.6 is 11.6 Å². The van der Waals surface area contributed by atoms with Crippen molar-refractivity contribution in [1.29, 1.82) is 0 Å². The maximum atomic E-state index is 13.7. The Labute approximate surface area is 132 Å². The highest BCUT2D eigenvalue weighted by Gasteiger charge is 2.43. The van der Waals surface area contributed by atoms with Gasteiger partial charge in [-0.15, -0.1) is 0 Å². The molecule has 1 aromatic carbocycles. The molecule has 0 radical (unpaired) electrons. The molecule has 0 saturated heterocycles. The van der Waals surface area contributed by atoms with Gasteiger partial charge in [0.1, 0.15) is 5.82 Å². The fourth-order valence-corrected chi connectivity index (χ4v) is 4.90. The van der Waals surface area contributed by atoms with Crippen molar-refractivity contribution in [2.45, 2.75) is 63.3 Å². The first-order valence-electron chi connectivity index (χ1n) is 8.35. The monoisotopic (exact) mass is 309 g/mol. The molecule has 0 heterocycles. The second-order valence-corrected chi connectivity index (χ2v) is 7.32. The molecule has 21 heavy (non-hydrogen) atoms. The number of hydrogen-bond acceptors (Lipinski definition) is 1. The summed E-state index contributed by atoms with van der Waals surface area (Å²) >= 11 is 6.38. The zero-order chi connectivity index (χ0) is 14.9. The van der Waals surface area contributed by atoms with Gasteiger partial charge in [0.2, 0.25) is 0 Å². The van der Waals surface area contributed by atoms with Gasteiger partial charge in [-0.1, -0.05) is 56.5 Å². The number of nitrogens with two attached hydrogens (primary N) is 1. The van der Waals surface area contributed by atoms with E-state index in [9.17, 15) is 4.39 Å². The molecule has 1 nitrogen and oxygen atoms in total. The molecule has 0 spiro atoms. The molecule has 2 N–H and O–H groups in total. The summed E-state index contributed by atoms with van der Waals surface area (Å²) in [6.07, 6.45) is 11.0. The lowest BCUT2D eigenvalue weighted by molar-refractivity contribution is 0.0984. The molecule has 0 aliphatic heterocycles. The fraction of sp³-hybridized carbons (Fsp3) is 0.667. The molecule has 3 heteroatoms. The van der Waals surface area contributed by atoms with Crippen LogP contribution in [0.4, 0.5) is 4.39 Å². The smallest absolute Gasteiger partial charge is 0.123 e. The van der Waals surface area contributed by atoms with Crippen LogP contribution in [0.5, 0.6) is 0 Å². The Morgan fingerprint density at radius 1 is 1.05 bits per heavy atom. The molecule has 0 bridgehead atoms. The van der Waals surface area contributed by atoms with Crippen molar-refractivity contribution in [3.63, 3.8) is 0 Å². The summed E-state index contributed by atoms with van der Waals surface area (Å²) in [5.41, 5.74) is 7.26. The topological polar surface area (TPSA) is 26.0 Å². The number of hydrogen-bond donors (Lipinski definition) is 1. The first-order valence-corrected chi connectivity index (χ1v) is 8.73. The van der Waals surface area contributed by atoms with Crippen LogP contribution in [0.25, 0.3) is 0 Å². The van der Waals surface area contributed by atoms with Gasteiger partial charge in [0.25, 0.3) is 0 Å². The third-order valence-electron chi connectivity index (χ3n) is 5.67. The number of rotatable bonds is 2. The van der Waals surface area contributed by atoms with E-state index in [0.717, 1.165) is 24.8 Å². The largest absolute Gasteiger partial charge is 0.321 e. The third kappa shape index (κ3) is 2.98. The summed E-state index contributed by atoms with van der Waals surface area (Å²) in [5, 5.41) is 0.626. The quantitative estimate of drug-likeness (QED) is 0.777. The first kappa shape index (κ1) is 15.3. The Bertz CT molecular complexity index is 498. The summed E-state index contributed by atoms with van der Waals surface area (Å²) in [6.45, 7) is 0. The second-order valence-electron chi connectivity index (χ2n) is 6.91. The summed E-state index contributed by atoms with van der Waals surface area (Å²) in [6, 6.07) is 4.66. The Kier molecular flexibility index (Phi) is 4.56. The van der Waals surface area contributed by atoms with E-state index < -0.39 is 5.54 Å². The molecule has 2 atom stereocenters. The molecule has 2 saturated carbocycles. The van der Waals surface area contributed by atoms with Crippen molar-refractivity contribution in [2.75, 3.05) is 0 Å². The van der Waals surface area contributed by atoms with Crippen molar-refractivity contribution in [3.05, 3.63) is 34.6 Å². The lowest BCUT2D eigenvalue weighted by Crippen LogP contribution is -2.49. The molecule has 3 rings (SSSR count). The van der Waals surface area contributed by atoms with Gasteiger partial charge in [-0.2, -0.15) is 0 Å². The van der Waals surface area contributed by atoms with Crippen molar-refractivity contribution in [3.8, 4) is 0 Å². The van der Waals surface area contributed by atoms with Gasteiger partial charge < -0.3 is 5.73 Å². The van der Waals surface area contributed by atoms with Crippen molar-refractivity contribution >= 4 is 11.6 Å². The fourth-order valence-electron chi connectivity index (χ4n) is 4.61. The van der Waals surface area contributed by atoms with Crippen LogP contribution < -0.4 is 5.73 Å². The van der Waals surface area contributed by atoms with E-state index in [1.807, 2.05) is 0 Å². The highest BCUT2D eigenvalue weighted by atomic mass is 35.5. The number of benzene rings is 1. The zero-order valence-electron chi connectivity index (χ0n) is 12.6. The molecule has 0 aromatic heterocycles. The molecule has 2 fully saturated rings. The van der Waals surface area contributed by atoms with E-state index in [2.05, 4.69) is 0 Å². The van der Waals surface area contributed by atoms with Gasteiger partial charge in [0.15, 0.2) is 0 Å². The van der Waals surface area contributed by atoms with Gasteiger partial charge in [0.05, 0.1) is 0 Å². The van der Waals surface area contributed by atoms with Crippen LogP contribution in [0, 0.1) is 17.7 Å². The molecular weight excluding hydrogens is 285 g/mol. The highest BCUT2D eigenvalue weighted by Crippen LogP contribution is 2.48. The van der Waals surface area contributed by atoms with Crippen LogP contribution in [0.15, 0.2) is 18.2 Å². The summed E-state index contributed by atoms with van der Waals surface area (Å²) in [5.74, 6) is 0.904. The lowest BCUT2D eigenvalue weighted by atomic mass is 9.62. The van der Waals surface area contributed by atoms with Gasteiger partial charge in [-0.3, -0.25) is 0 Å². The molecule has 2 unspecified atom stereocenters. The van der Waals surface area contributed by atoms with Crippen LogP contribution in [0.2, 0.25) is 5.02 Å². The predicted octanol–water partition coefficient (Wildman–Crippen LogP) is 5.40. The Morgan fingerprint density at radius 3 is 2.52 bits per heavy atom. The molecule has 116 valence electrons.